The summed E-state index contributed by atoms with van der Waals surface area (Å²) in [4.78, 5) is 14.3. The SMILES string of the molecule is CCCNC1CC(C(=O)OC)CN(CC2CCC2)C1. The van der Waals surface area contributed by atoms with Crippen LogP contribution >= 0.6 is 0 Å². The Labute approximate surface area is 116 Å². The van der Waals surface area contributed by atoms with Gasteiger partial charge in [-0.15, -0.1) is 0 Å². The monoisotopic (exact) mass is 268 g/mol. The van der Waals surface area contributed by atoms with Crippen molar-refractivity contribution in [1.29, 1.82) is 0 Å². The van der Waals surface area contributed by atoms with Crippen LogP contribution in [0.25, 0.3) is 0 Å². The summed E-state index contributed by atoms with van der Waals surface area (Å²) in [5.41, 5.74) is 0. The second kappa shape index (κ2) is 7.25. The van der Waals surface area contributed by atoms with Crippen LogP contribution in [0.15, 0.2) is 0 Å². The number of piperidine rings is 1. The molecular formula is C15H28N2O2. The minimum Gasteiger partial charge on any atom is -0.469 e. The predicted octanol–water partition coefficient (Wildman–Crippen LogP) is 1.65. The smallest absolute Gasteiger partial charge is 0.310 e. The average Bonchev–Trinajstić information content (AvgIpc) is 2.39. The van der Waals surface area contributed by atoms with Gasteiger partial charge >= 0.3 is 5.97 Å². The molecule has 4 nitrogen and oxygen atoms in total. The van der Waals surface area contributed by atoms with E-state index in [2.05, 4.69) is 17.1 Å². The number of hydrogen-bond donors (Lipinski definition) is 1. The molecule has 2 atom stereocenters. The molecule has 0 bridgehead atoms. The van der Waals surface area contributed by atoms with E-state index in [4.69, 9.17) is 4.74 Å². The Morgan fingerprint density at radius 1 is 1.37 bits per heavy atom. The highest BCUT2D eigenvalue weighted by atomic mass is 16.5. The number of ether oxygens (including phenoxy) is 1. The summed E-state index contributed by atoms with van der Waals surface area (Å²) in [5.74, 6) is 0.873. The maximum Gasteiger partial charge on any atom is 0.310 e. The Balaban J connectivity index is 1.88. The minimum atomic E-state index is -0.0402. The van der Waals surface area contributed by atoms with Gasteiger partial charge in [-0.1, -0.05) is 13.3 Å². The van der Waals surface area contributed by atoms with Gasteiger partial charge in [-0.25, -0.2) is 0 Å². The van der Waals surface area contributed by atoms with Gasteiger partial charge in [0.05, 0.1) is 13.0 Å². The molecular weight excluding hydrogens is 240 g/mol. The van der Waals surface area contributed by atoms with Crippen LogP contribution in [0.3, 0.4) is 0 Å². The summed E-state index contributed by atoms with van der Waals surface area (Å²) >= 11 is 0. The Hall–Kier alpha value is -0.610. The normalized spacial score (nSPS) is 28.9. The predicted molar refractivity (Wildman–Crippen MR) is 76.0 cm³/mol. The fourth-order valence-corrected chi connectivity index (χ4v) is 3.21. The number of esters is 1. The van der Waals surface area contributed by atoms with Crippen LogP contribution in [0.4, 0.5) is 0 Å². The van der Waals surface area contributed by atoms with Crippen molar-refractivity contribution in [3.63, 3.8) is 0 Å². The van der Waals surface area contributed by atoms with Crippen LogP contribution in [0.5, 0.6) is 0 Å². The number of carbonyl (C=O) groups excluding carboxylic acids is 1. The minimum absolute atomic E-state index is 0.0402. The molecule has 1 heterocycles. The van der Waals surface area contributed by atoms with Gasteiger partial charge in [-0.05, 0) is 38.1 Å². The highest BCUT2D eigenvalue weighted by molar-refractivity contribution is 5.72. The summed E-state index contributed by atoms with van der Waals surface area (Å²) in [7, 11) is 1.50. The maximum absolute atomic E-state index is 11.8. The number of likely N-dealkylation sites (tertiary alicyclic amines) is 1. The van der Waals surface area contributed by atoms with E-state index in [0.29, 0.717) is 6.04 Å². The Morgan fingerprint density at radius 2 is 2.16 bits per heavy atom. The lowest BCUT2D eigenvalue weighted by atomic mass is 9.84. The molecule has 1 saturated carbocycles. The third-order valence-corrected chi connectivity index (χ3v) is 4.48. The lowest BCUT2D eigenvalue weighted by molar-refractivity contribution is -0.147. The molecule has 4 heteroatoms. The van der Waals surface area contributed by atoms with E-state index in [1.807, 2.05) is 0 Å². The molecule has 1 N–H and O–H groups in total. The number of rotatable bonds is 6. The first-order valence-electron chi connectivity index (χ1n) is 7.76. The van der Waals surface area contributed by atoms with Crippen molar-refractivity contribution in [3.8, 4) is 0 Å². The highest BCUT2D eigenvalue weighted by Gasteiger charge is 2.33. The fraction of sp³-hybridized carbons (Fsp3) is 0.933. The molecule has 1 saturated heterocycles. The zero-order valence-electron chi connectivity index (χ0n) is 12.4. The second-order valence-corrected chi connectivity index (χ2v) is 6.12. The number of hydrogen-bond acceptors (Lipinski definition) is 4. The third kappa shape index (κ3) is 4.18. The molecule has 2 fully saturated rings. The lowest BCUT2D eigenvalue weighted by Crippen LogP contribution is -2.52. The van der Waals surface area contributed by atoms with Crippen molar-refractivity contribution in [2.24, 2.45) is 11.8 Å². The van der Waals surface area contributed by atoms with E-state index >= 15 is 0 Å². The van der Waals surface area contributed by atoms with Gasteiger partial charge in [0.25, 0.3) is 0 Å². The van der Waals surface area contributed by atoms with Crippen molar-refractivity contribution >= 4 is 5.97 Å². The summed E-state index contributed by atoms with van der Waals surface area (Å²) in [6, 6.07) is 0.442. The van der Waals surface area contributed by atoms with Crippen LogP contribution in [-0.2, 0) is 9.53 Å². The van der Waals surface area contributed by atoms with E-state index < -0.39 is 0 Å². The second-order valence-electron chi connectivity index (χ2n) is 6.12. The summed E-state index contributed by atoms with van der Waals surface area (Å²) in [6.07, 6.45) is 6.19. The highest BCUT2D eigenvalue weighted by Crippen LogP contribution is 2.29. The Morgan fingerprint density at radius 3 is 2.74 bits per heavy atom. The summed E-state index contributed by atoms with van der Waals surface area (Å²) < 4.78 is 4.94. The molecule has 0 radical (unpaired) electrons. The summed E-state index contributed by atoms with van der Waals surface area (Å²) in [5, 5.41) is 3.57. The molecule has 0 aromatic carbocycles. The molecule has 0 aromatic rings. The van der Waals surface area contributed by atoms with Crippen molar-refractivity contribution in [1.82, 2.24) is 10.2 Å². The van der Waals surface area contributed by atoms with Gasteiger partial charge in [0, 0.05) is 25.7 Å². The average molecular weight is 268 g/mol. The first-order chi connectivity index (χ1) is 9.22. The zero-order chi connectivity index (χ0) is 13.7. The van der Waals surface area contributed by atoms with Gasteiger partial charge in [-0.2, -0.15) is 0 Å². The quantitative estimate of drug-likeness (QED) is 0.744. The van der Waals surface area contributed by atoms with Crippen molar-refractivity contribution in [2.45, 2.75) is 45.1 Å². The van der Waals surface area contributed by atoms with E-state index in [-0.39, 0.29) is 11.9 Å². The van der Waals surface area contributed by atoms with Gasteiger partial charge in [0.2, 0.25) is 0 Å². The first kappa shape index (κ1) is 14.8. The van der Waals surface area contributed by atoms with Crippen LogP contribution in [0.2, 0.25) is 0 Å². The van der Waals surface area contributed by atoms with Crippen molar-refractivity contribution < 1.29 is 9.53 Å². The number of methoxy groups -OCH3 is 1. The standard InChI is InChI=1S/C15H28N2O2/c1-3-7-16-14-8-13(15(18)19-2)10-17(11-14)9-12-5-4-6-12/h12-14,16H,3-11H2,1-2H3. The van der Waals surface area contributed by atoms with Crippen LogP contribution < -0.4 is 5.32 Å². The molecule has 1 aliphatic carbocycles. The first-order valence-corrected chi connectivity index (χ1v) is 7.76. The van der Waals surface area contributed by atoms with Gasteiger partial charge in [-0.3, -0.25) is 4.79 Å². The summed E-state index contributed by atoms with van der Waals surface area (Å²) in [6.45, 7) is 6.35. The number of nitrogens with zero attached hydrogens (tertiary/aromatic N) is 1. The zero-order valence-corrected chi connectivity index (χ0v) is 12.4. The van der Waals surface area contributed by atoms with Crippen LogP contribution in [-0.4, -0.2) is 50.2 Å². The lowest BCUT2D eigenvalue weighted by Gasteiger charge is -2.40. The van der Waals surface area contributed by atoms with Gasteiger partial charge < -0.3 is 15.0 Å². The molecule has 0 spiro atoms. The van der Waals surface area contributed by atoms with E-state index in [9.17, 15) is 4.79 Å². The molecule has 2 unspecified atom stereocenters. The molecule has 2 aliphatic rings. The third-order valence-electron chi connectivity index (χ3n) is 4.48. The molecule has 2 rings (SSSR count). The van der Waals surface area contributed by atoms with E-state index in [1.54, 1.807) is 0 Å². The maximum atomic E-state index is 11.8. The molecule has 110 valence electrons. The van der Waals surface area contributed by atoms with Gasteiger partial charge in [0.1, 0.15) is 0 Å². The number of nitrogens with one attached hydrogen (secondary N) is 1. The van der Waals surface area contributed by atoms with Crippen LogP contribution in [0, 0.1) is 11.8 Å². The van der Waals surface area contributed by atoms with E-state index in [0.717, 1.165) is 44.9 Å². The Bertz CT molecular complexity index is 292. The fourth-order valence-electron chi connectivity index (χ4n) is 3.21. The largest absolute Gasteiger partial charge is 0.469 e. The van der Waals surface area contributed by atoms with E-state index in [1.165, 1.54) is 26.4 Å². The number of carbonyl (C=O) groups is 1. The topological polar surface area (TPSA) is 41.6 Å². The molecule has 0 aromatic heterocycles. The molecule has 0 amide bonds. The molecule has 1 aliphatic heterocycles. The van der Waals surface area contributed by atoms with Gasteiger partial charge in [0.15, 0.2) is 0 Å². The van der Waals surface area contributed by atoms with Crippen molar-refractivity contribution in [2.75, 3.05) is 33.3 Å². The van der Waals surface area contributed by atoms with Crippen molar-refractivity contribution in [3.05, 3.63) is 0 Å². The Kier molecular flexibility index (Phi) is 5.64. The van der Waals surface area contributed by atoms with Crippen LogP contribution in [0.1, 0.15) is 39.0 Å². The molecule has 19 heavy (non-hydrogen) atoms.